The Bertz CT molecular complexity index is 655. The molecule has 1 rings (SSSR count). The van der Waals surface area contributed by atoms with Gasteiger partial charge in [0.15, 0.2) is 0 Å². The lowest BCUT2D eigenvalue weighted by Gasteiger charge is -2.13. The number of aliphatic carboxylic acids is 1. The molecule has 9 nitrogen and oxygen atoms in total. The van der Waals surface area contributed by atoms with Gasteiger partial charge in [0.05, 0.1) is 11.1 Å². The minimum Gasteiger partial charge on any atom is -0.480 e. The molecular formula is C15H21N3O6. The Morgan fingerprint density at radius 2 is 2.08 bits per heavy atom. The first-order valence-corrected chi connectivity index (χ1v) is 7.72. The second-order valence-electron chi connectivity index (χ2n) is 5.38. The molecule has 1 amide bonds. The molecule has 0 aliphatic heterocycles. The molecule has 0 fully saturated rings. The Labute approximate surface area is 138 Å². The molecule has 0 spiro atoms. The summed E-state index contributed by atoms with van der Waals surface area (Å²) < 4.78 is 1.23. The standard InChI is InChI=1S/C15H21N3O6/c1-2-5-12(15(21)22)16-13(19)6-3-4-9-17-10-11(18(23)24)7-8-14(17)20/h7-8,10,12H,2-6,9H2,1H3,(H,16,19)(H,21,22). The number of nitrogens with zero attached hydrogens (tertiary/aromatic N) is 2. The first-order valence-electron chi connectivity index (χ1n) is 7.72. The third-order valence-corrected chi connectivity index (χ3v) is 3.44. The fourth-order valence-electron chi connectivity index (χ4n) is 2.18. The van der Waals surface area contributed by atoms with E-state index in [0.29, 0.717) is 25.7 Å². The van der Waals surface area contributed by atoms with Crippen LogP contribution < -0.4 is 10.9 Å². The van der Waals surface area contributed by atoms with E-state index in [1.165, 1.54) is 10.8 Å². The van der Waals surface area contributed by atoms with Gasteiger partial charge >= 0.3 is 5.97 Å². The number of hydrogen-bond acceptors (Lipinski definition) is 5. The van der Waals surface area contributed by atoms with Crippen molar-refractivity contribution < 1.29 is 19.6 Å². The molecule has 0 aliphatic rings. The van der Waals surface area contributed by atoms with Gasteiger partial charge in [0.25, 0.3) is 11.2 Å². The molecule has 0 saturated heterocycles. The van der Waals surface area contributed by atoms with Crippen molar-refractivity contribution in [3.63, 3.8) is 0 Å². The lowest BCUT2D eigenvalue weighted by atomic mass is 10.1. The molecule has 132 valence electrons. The highest BCUT2D eigenvalue weighted by atomic mass is 16.6. The van der Waals surface area contributed by atoms with Crippen LogP contribution in [-0.2, 0) is 16.1 Å². The minimum absolute atomic E-state index is 0.136. The van der Waals surface area contributed by atoms with Crippen molar-refractivity contribution in [1.82, 2.24) is 9.88 Å². The number of rotatable bonds is 10. The van der Waals surface area contributed by atoms with Crippen molar-refractivity contribution in [3.05, 3.63) is 38.8 Å². The zero-order valence-corrected chi connectivity index (χ0v) is 13.4. The lowest BCUT2D eigenvalue weighted by Crippen LogP contribution is -2.40. The summed E-state index contributed by atoms with van der Waals surface area (Å²) in [5.41, 5.74) is -0.518. The van der Waals surface area contributed by atoms with Gasteiger partial charge in [0.1, 0.15) is 6.04 Å². The monoisotopic (exact) mass is 339 g/mol. The summed E-state index contributed by atoms with van der Waals surface area (Å²) >= 11 is 0. The van der Waals surface area contributed by atoms with E-state index in [0.717, 1.165) is 12.1 Å². The molecule has 2 N–H and O–H groups in total. The minimum atomic E-state index is -1.06. The largest absolute Gasteiger partial charge is 0.480 e. The predicted octanol–water partition coefficient (Wildman–Crippen LogP) is 1.30. The molecule has 0 aliphatic carbocycles. The SMILES string of the molecule is CCCC(NC(=O)CCCCn1cc([N+](=O)[O-])ccc1=O)C(=O)O. The summed E-state index contributed by atoms with van der Waals surface area (Å²) in [6.45, 7) is 2.09. The number of aryl methyl sites for hydroxylation is 1. The van der Waals surface area contributed by atoms with E-state index in [4.69, 9.17) is 5.11 Å². The molecule has 1 heterocycles. The fourth-order valence-corrected chi connectivity index (χ4v) is 2.18. The molecule has 24 heavy (non-hydrogen) atoms. The maximum atomic E-state index is 11.7. The van der Waals surface area contributed by atoms with E-state index < -0.39 is 16.9 Å². The topological polar surface area (TPSA) is 132 Å². The Morgan fingerprint density at radius 1 is 1.38 bits per heavy atom. The highest BCUT2D eigenvalue weighted by molar-refractivity contribution is 5.83. The average molecular weight is 339 g/mol. The van der Waals surface area contributed by atoms with Crippen LogP contribution in [0.25, 0.3) is 0 Å². The summed E-state index contributed by atoms with van der Waals surface area (Å²) in [4.78, 5) is 44.4. The Hall–Kier alpha value is -2.71. The van der Waals surface area contributed by atoms with Crippen molar-refractivity contribution in [1.29, 1.82) is 0 Å². The van der Waals surface area contributed by atoms with E-state index in [2.05, 4.69) is 5.32 Å². The predicted molar refractivity (Wildman–Crippen MR) is 85.7 cm³/mol. The summed E-state index contributed by atoms with van der Waals surface area (Å²) in [5.74, 6) is -1.42. The van der Waals surface area contributed by atoms with Gasteiger partial charge < -0.3 is 15.0 Å². The first kappa shape index (κ1) is 19.3. The smallest absolute Gasteiger partial charge is 0.326 e. The highest BCUT2D eigenvalue weighted by Gasteiger charge is 2.18. The molecular weight excluding hydrogens is 318 g/mol. The van der Waals surface area contributed by atoms with E-state index >= 15 is 0 Å². The molecule has 1 unspecified atom stereocenters. The van der Waals surface area contributed by atoms with Crippen molar-refractivity contribution in [2.45, 2.75) is 51.6 Å². The highest BCUT2D eigenvalue weighted by Crippen LogP contribution is 2.08. The Kier molecular flexibility index (Phi) is 7.60. The number of carbonyl (C=O) groups excluding carboxylic acids is 1. The molecule has 1 aromatic heterocycles. The van der Waals surface area contributed by atoms with Gasteiger partial charge in [-0.25, -0.2) is 4.79 Å². The zero-order chi connectivity index (χ0) is 18.1. The van der Waals surface area contributed by atoms with Crippen LogP contribution in [0.3, 0.4) is 0 Å². The number of carboxylic acids is 1. The molecule has 0 radical (unpaired) electrons. The van der Waals surface area contributed by atoms with E-state index in [1.54, 1.807) is 0 Å². The number of carboxylic acid groups (broad SMARTS) is 1. The summed E-state index contributed by atoms with van der Waals surface area (Å²) in [6, 6.07) is 1.39. The summed E-state index contributed by atoms with van der Waals surface area (Å²) in [5, 5.41) is 22.1. The van der Waals surface area contributed by atoms with Crippen LogP contribution in [0.4, 0.5) is 5.69 Å². The number of hydrogen-bond donors (Lipinski definition) is 2. The van der Waals surface area contributed by atoms with E-state index in [9.17, 15) is 24.5 Å². The van der Waals surface area contributed by atoms with Crippen molar-refractivity contribution in [2.24, 2.45) is 0 Å². The summed E-state index contributed by atoms with van der Waals surface area (Å²) in [6.07, 6.45) is 3.23. The fraction of sp³-hybridized carbons (Fsp3) is 0.533. The van der Waals surface area contributed by atoms with Gasteiger partial charge in [-0.2, -0.15) is 0 Å². The summed E-state index contributed by atoms with van der Waals surface area (Å²) in [7, 11) is 0. The molecule has 0 bridgehead atoms. The maximum Gasteiger partial charge on any atom is 0.326 e. The van der Waals surface area contributed by atoms with Crippen LogP contribution in [0.5, 0.6) is 0 Å². The lowest BCUT2D eigenvalue weighted by molar-refractivity contribution is -0.385. The number of nitro groups is 1. The van der Waals surface area contributed by atoms with Gasteiger partial charge in [-0.1, -0.05) is 13.3 Å². The molecule has 0 saturated carbocycles. The Morgan fingerprint density at radius 3 is 2.67 bits per heavy atom. The van der Waals surface area contributed by atoms with Gasteiger partial charge in [-0.15, -0.1) is 0 Å². The molecule has 1 atom stereocenters. The van der Waals surface area contributed by atoms with Crippen LogP contribution in [-0.4, -0.2) is 32.5 Å². The van der Waals surface area contributed by atoms with E-state index in [1.807, 2.05) is 6.92 Å². The van der Waals surface area contributed by atoms with Crippen LogP contribution in [0.2, 0.25) is 0 Å². The quantitative estimate of drug-likeness (QED) is 0.375. The third kappa shape index (κ3) is 6.19. The number of unbranched alkanes of at least 4 members (excludes halogenated alkanes) is 1. The second-order valence-corrected chi connectivity index (χ2v) is 5.38. The third-order valence-electron chi connectivity index (χ3n) is 3.44. The maximum absolute atomic E-state index is 11.7. The number of pyridine rings is 1. The molecule has 1 aromatic rings. The Balaban J connectivity index is 2.44. The van der Waals surface area contributed by atoms with Crippen molar-refractivity contribution in [3.8, 4) is 0 Å². The van der Waals surface area contributed by atoms with Gasteiger partial charge in [-0.3, -0.25) is 19.7 Å². The zero-order valence-electron chi connectivity index (χ0n) is 13.4. The average Bonchev–Trinajstić information content (AvgIpc) is 2.52. The van der Waals surface area contributed by atoms with Gasteiger partial charge in [0.2, 0.25) is 5.91 Å². The van der Waals surface area contributed by atoms with Crippen LogP contribution >= 0.6 is 0 Å². The second kappa shape index (κ2) is 9.43. The number of nitrogens with one attached hydrogen (secondary N) is 1. The van der Waals surface area contributed by atoms with Crippen molar-refractivity contribution >= 4 is 17.6 Å². The van der Waals surface area contributed by atoms with Crippen molar-refractivity contribution in [2.75, 3.05) is 0 Å². The molecule has 9 heteroatoms. The first-order chi connectivity index (χ1) is 11.3. The van der Waals surface area contributed by atoms with Gasteiger partial charge in [-0.05, 0) is 19.3 Å². The van der Waals surface area contributed by atoms with E-state index in [-0.39, 0.29) is 30.1 Å². The normalized spacial score (nSPS) is 11.7. The molecule has 0 aromatic carbocycles. The van der Waals surface area contributed by atoms with Gasteiger partial charge in [0, 0.05) is 25.1 Å². The van der Waals surface area contributed by atoms with Crippen LogP contribution in [0.1, 0.15) is 39.0 Å². The van der Waals surface area contributed by atoms with Crippen LogP contribution in [0, 0.1) is 10.1 Å². The number of carbonyl (C=O) groups is 2. The number of aromatic nitrogens is 1. The number of amides is 1. The van der Waals surface area contributed by atoms with Crippen LogP contribution in [0.15, 0.2) is 23.1 Å².